The summed E-state index contributed by atoms with van der Waals surface area (Å²) in [5.74, 6) is 0.438. The molecule has 0 aromatic heterocycles. The van der Waals surface area contributed by atoms with Crippen LogP contribution in [-0.2, 0) is 16.1 Å². The molecule has 2 saturated heterocycles. The van der Waals surface area contributed by atoms with E-state index >= 15 is 0 Å². The van der Waals surface area contributed by atoms with Gasteiger partial charge in [-0.3, -0.25) is 0 Å². The van der Waals surface area contributed by atoms with Gasteiger partial charge < -0.3 is 9.47 Å². The molecule has 4 atom stereocenters. The molecule has 3 rings (SSSR count). The lowest BCUT2D eigenvalue weighted by molar-refractivity contribution is -0.0960. The van der Waals surface area contributed by atoms with E-state index in [-0.39, 0.29) is 21.6 Å². The predicted molar refractivity (Wildman–Crippen MR) is 102 cm³/mol. The molecule has 2 nitrogen and oxygen atoms in total. The average molecular weight is 446 g/mol. The smallest absolute Gasteiger partial charge is 0.106 e. The summed E-state index contributed by atoms with van der Waals surface area (Å²) in [6, 6.07) is 8.43. The van der Waals surface area contributed by atoms with Crippen molar-refractivity contribution in [2.45, 2.75) is 68.8 Å². The van der Waals surface area contributed by atoms with E-state index in [4.69, 9.17) is 9.47 Å². The largest absolute Gasteiger partial charge is 0.369 e. The average Bonchev–Trinajstić information content (AvgIpc) is 2.97. The van der Waals surface area contributed by atoms with Crippen molar-refractivity contribution in [2.75, 3.05) is 5.33 Å². The second-order valence-electron chi connectivity index (χ2n) is 7.57. The van der Waals surface area contributed by atoms with E-state index in [1.54, 1.807) is 0 Å². The van der Waals surface area contributed by atoms with Gasteiger partial charge in [-0.15, -0.1) is 0 Å². The quantitative estimate of drug-likeness (QED) is 0.566. The number of hydrogen-bond acceptors (Lipinski definition) is 2. The highest BCUT2D eigenvalue weighted by atomic mass is 79.9. The van der Waals surface area contributed by atoms with E-state index in [0.717, 1.165) is 18.2 Å². The highest BCUT2D eigenvalue weighted by Crippen LogP contribution is 2.64. The van der Waals surface area contributed by atoms with E-state index in [2.05, 4.69) is 83.8 Å². The summed E-state index contributed by atoms with van der Waals surface area (Å²) >= 11 is 7.79. The van der Waals surface area contributed by atoms with E-state index in [1.807, 2.05) is 0 Å². The molecule has 128 valence electrons. The first-order chi connectivity index (χ1) is 10.8. The fraction of sp³-hybridized carbons (Fsp3) is 0.684. The maximum Gasteiger partial charge on any atom is 0.106 e. The van der Waals surface area contributed by atoms with Gasteiger partial charge >= 0.3 is 0 Å². The van der Waals surface area contributed by atoms with Gasteiger partial charge in [-0.05, 0) is 43.7 Å². The Morgan fingerprint density at radius 3 is 2.61 bits per heavy atom. The Morgan fingerprint density at radius 1 is 1.30 bits per heavy atom. The topological polar surface area (TPSA) is 18.5 Å². The van der Waals surface area contributed by atoms with E-state index < -0.39 is 0 Å². The molecule has 2 aliphatic rings. The Kier molecular flexibility index (Phi) is 4.76. The summed E-state index contributed by atoms with van der Waals surface area (Å²) in [6.45, 7) is 9.50. The molecule has 0 aliphatic carbocycles. The number of rotatable bonds is 5. The Morgan fingerprint density at radius 2 is 2.00 bits per heavy atom. The maximum atomic E-state index is 6.64. The molecular formula is C19H26Br2O2. The van der Waals surface area contributed by atoms with Crippen LogP contribution < -0.4 is 0 Å². The fourth-order valence-electron chi connectivity index (χ4n) is 4.46. The van der Waals surface area contributed by atoms with Crippen LogP contribution in [0.15, 0.2) is 24.3 Å². The van der Waals surface area contributed by atoms with Gasteiger partial charge in [0.2, 0.25) is 0 Å². The minimum atomic E-state index is -0.218. The normalized spacial score (nSPS) is 39.3. The van der Waals surface area contributed by atoms with Gasteiger partial charge in [0, 0.05) is 5.33 Å². The van der Waals surface area contributed by atoms with Crippen LogP contribution in [0.4, 0.5) is 0 Å². The highest BCUT2D eigenvalue weighted by Gasteiger charge is 2.73. The van der Waals surface area contributed by atoms with Crippen LogP contribution in [-0.4, -0.2) is 27.0 Å². The van der Waals surface area contributed by atoms with Crippen LogP contribution >= 0.6 is 31.9 Å². The van der Waals surface area contributed by atoms with E-state index in [9.17, 15) is 0 Å². The molecule has 4 heteroatoms. The van der Waals surface area contributed by atoms with Gasteiger partial charge in [-0.1, -0.05) is 70.0 Å². The molecular weight excluding hydrogens is 420 g/mol. The van der Waals surface area contributed by atoms with Gasteiger partial charge in [0.1, 0.15) is 6.10 Å². The molecule has 1 unspecified atom stereocenters. The Labute approximate surface area is 156 Å². The summed E-state index contributed by atoms with van der Waals surface area (Å²) in [5.41, 5.74) is 2.15. The molecule has 2 heterocycles. The molecule has 2 fully saturated rings. The Hall–Kier alpha value is 0.1000. The van der Waals surface area contributed by atoms with Crippen molar-refractivity contribution in [3.05, 3.63) is 35.4 Å². The minimum absolute atomic E-state index is 0.0325. The second kappa shape index (κ2) is 6.12. The van der Waals surface area contributed by atoms with E-state index in [0.29, 0.717) is 12.5 Å². The first kappa shape index (κ1) is 17.9. The third-order valence-electron chi connectivity index (χ3n) is 5.88. The molecule has 0 radical (unpaired) electrons. The van der Waals surface area contributed by atoms with Crippen LogP contribution in [0, 0.1) is 12.8 Å². The molecule has 0 saturated carbocycles. The number of aryl methyl sites for hydroxylation is 1. The van der Waals surface area contributed by atoms with Crippen molar-refractivity contribution in [2.24, 2.45) is 5.92 Å². The van der Waals surface area contributed by atoms with Crippen molar-refractivity contribution in [3.8, 4) is 0 Å². The van der Waals surface area contributed by atoms with Crippen molar-refractivity contribution < 1.29 is 9.47 Å². The molecule has 1 aromatic rings. The third kappa shape index (κ3) is 2.56. The minimum Gasteiger partial charge on any atom is -0.369 e. The van der Waals surface area contributed by atoms with Gasteiger partial charge in [0.05, 0.1) is 22.1 Å². The van der Waals surface area contributed by atoms with Crippen LogP contribution in [0.25, 0.3) is 0 Å². The number of fused-ring (bicyclic) bond motifs is 2. The van der Waals surface area contributed by atoms with Crippen molar-refractivity contribution in [1.29, 1.82) is 0 Å². The number of halogens is 2. The zero-order chi connectivity index (χ0) is 16.9. The Balaban J connectivity index is 1.88. The number of hydrogen-bond donors (Lipinski definition) is 0. The first-order valence-electron chi connectivity index (χ1n) is 8.40. The number of alkyl halides is 2. The zero-order valence-electron chi connectivity index (χ0n) is 14.4. The van der Waals surface area contributed by atoms with Crippen molar-refractivity contribution >= 4 is 31.9 Å². The summed E-state index contributed by atoms with van der Waals surface area (Å²) in [6.07, 6.45) is 2.18. The zero-order valence-corrected chi connectivity index (χ0v) is 17.5. The maximum absolute atomic E-state index is 6.64. The standard InChI is InChI=1S/C19H26Br2O2/c1-13(2)19-10-9-17(4,23-19)16(18(19,21)12-20)22-11-15-8-6-5-7-14(15)3/h5-8,13,16H,9-12H2,1-4H3/t16-,17-,18?,19-/m0/s1. The molecule has 23 heavy (non-hydrogen) atoms. The molecule has 1 aromatic carbocycles. The third-order valence-corrected chi connectivity index (χ3v) is 8.88. The summed E-state index contributed by atoms with van der Waals surface area (Å²) in [5, 5.41) is 0.826. The molecule has 0 spiro atoms. The summed E-state index contributed by atoms with van der Waals surface area (Å²) in [4.78, 5) is 0. The van der Waals surface area contributed by atoms with Crippen LogP contribution in [0.1, 0.15) is 44.7 Å². The van der Waals surface area contributed by atoms with Crippen molar-refractivity contribution in [3.63, 3.8) is 0 Å². The summed E-state index contributed by atoms with van der Waals surface area (Å²) in [7, 11) is 0. The Bertz CT molecular complexity index is 590. The van der Waals surface area contributed by atoms with Gasteiger partial charge in [0.15, 0.2) is 0 Å². The lowest BCUT2D eigenvalue weighted by atomic mass is 9.68. The second-order valence-corrected chi connectivity index (χ2v) is 9.55. The molecule has 2 bridgehead atoms. The lowest BCUT2D eigenvalue weighted by Gasteiger charge is -2.46. The van der Waals surface area contributed by atoms with E-state index in [1.165, 1.54) is 11.1 Å². The fourth-order valence-corrected chi connectivity index (χ4v) is 6.58. The highest BCUT2D eigenvalue weighted by molar-refractivity contribution is 9.12. The SMILES string of the molecule is Cc1ccccc1CO[C@@H]1C(Br)(CBr)[C@@]2(C(C)C)CC[C@]1(C)O2. The van der Waals surface area contributed by atoms with Crippen LogP contribution in [0.3, 0.4) is 0 Å². The van der Waals surface area contributed by atoms with Gasteiger partial charge in [-0.2, -0.15) is 0 Å². The van der Waals surface area contributed by atoms with Crippen LogP contribution in [0.5, 0.6) is 0 Å². The number of ether oxygens (including phenoxy) is 2. The van der Waals surface area contributed by atoms with Gasteiger partial charge in [0.25, 0.3) is 0 Å². The first-order valence-corrected chi connectivity index (χ1v) is 10.3. The number of benzene rings is 1. The molecule has 0 N–H and O–H groups in total. The summed E-state index contributed by atoms with van der Waals surface area (Å²) < 4.78 is 12.9. The molecule has 2 aliphatic heterocycles. The lowest BCUT2D eigenvalue weighted by Crippen LogP contribution is -2.59. The monoisotopic (exact) mass is 444 g/mol. The predicted octanol–water partition coefficient (Wildman–Crippen LogP) is 5.39. The molecule has 0 amide bonds. The van der Waals surface area contributed by atoms with Crippen molar-refractivity contribution in [1.82, 2.24) is 0 Å². The van der Waals surface area contributed by atoms with Gasteiger partial charge in [-0.25, -0.2) is 0 Å². The van der Waals surface area contributed by atoms with Crippen LogP contribution in [0.2, 0.25) is 0 Å².